The molecule has 8 heteroatoms. The number of hydrogen-bond donors (Lipinski definition) is 1. The summed E-state index contributed by atoms with van der Waals surface area (Å²) in [5.74, 6) is 1.51. The maximum absolute atomic E-state index is 13.2. The molecule has 0 saturated carbocycles. The van der Waals surface area contributed by atoms with Gasteiger partial charge in [-0.05, 0) is 63.2 Å². The number of benzene rings is 2. The Balaban J connectivity index is 1.51. The van der Waals surface area contributed by atoms with Gasteiger partial charge in [0.1, 0.15) is 16.5 Å². The van der Waals surface area contributed by atoms with Crippen LogP contribution >= 0.6 is 0 Å². The van der Waals surface area contributed by atoms with Crippen molar-refractivity contribution < 1.29 is 13.2 Å². The van der Waals surface area contributed by atoms with E-state index < -0.39 is 10.0 Å². The first-order valence-electron chi connectivity index (χ1n) is 11.7. The molecule has 1 aliphatic rings. The number of likely N-dealkylation sites (tertiary alicyclic amines) is 1. The third-order valence-electron chi connectivity index (χ3n) is 6.21. The van der Waals surface area contributed by atoms with E-state index in [1.807, 2.05) is 43.3 Å². The maximum atomic E-state index is 13.2. The smallest absolute Gasteiger partial charge is 0.265 e. The van der Waals surface area contributed by atoms with E-state index in [4.69, 9.17) is 4.74 Å². The SMILES string of the molecule is CCN(c1ccccc1)S(=O)(=O)c1ccc(NCC(c2ccccc2OC)N2CCCC2)nc1. The Kier molecular flexibility index (Phi) is 7.70. The zero-order valence-corrected chi connectivity index (χ0v) is 20.5. The molecule has 1 aliphatic heterocycles. The molecular formula is C26H32N4O3S. The number of pyridine rings is 1. The van der Waals surface area contributed by atoms with E-state index in [2.05, 4.69) is 21.3 Å². The Morgan fingerprint density at radius 2 is 1.74 bits per heavy atom. The highest BCUT2D eigenvalue weighted by atomic mass is 32.2. The molecule has 0 bridgehead atoms. The fraction of sp³-hybridized carbons (Fsp3) is 0.346. The lowest BCUT2D eigenvalue weighted by atomic mass is 10.0. The Hall–Kier alpha value is -3.10. The molecule has 0 spiro atoms. The van der Waals surface area contributed by atoms with Crippen molar-refractivity contribution in [1.29, 1.82) is 0 Å². The standard InChI is InChI=1S/C26H32N4O3S/c1-3-30(21-11-5-4-6-12-21)34(31,32)22-15-16-26(27-19-22)28-20-24(29-17-9-10-18-29)23-13-7-8-14-25(23)33-2/h4-8,11-16,19,24H,3,9-10,17-18,20H2,1-2H3,(H,27,28). The highest BCUT2D eigenvalue weighted by molar-refractivity contribution is 7.92. The molecule has 1 atom stereocenters. The van der Waals surface area contributed by atoms with Gasteiger partial charge in [0.2, 0.25) is 0 Å². The van der Waals surface area contributed by atoms with Crippen molar-refractivity contribution >= 4 is 21.5 Å². The van der Waals surface area contributed by atoms with Gasteiger partial charge in [0.05, 0.1) is 18.8 Å². The molecular weight excluding hydrogens is 448 g/mol. The lowest BCUT2D eigenvalue weighted by molar-refractivity contribution is 0.249. The van der Waals surface area contributed by atoms with Crippen molar-refractivity contribution in [2.75, 3.05) is 42.9 Å². The lowest BCUT2D eigenvalue weighted by Crippen LogP contribution is -2.32. The summed E-state index contributed by atoms with van der Waals surface area (Å²) in [6, 6.07) is 20.7. The van der Waals surface area contributed by atoms with Crippen LogP contribution in [0.5, 0.6) is 5.75 Å². The predicted octanol–water partition coefficient (Wildman–Crippen LogP) is 4.55. The average molecular weight is 481 g/mol. The van der Waals surface area contributed by atoms with Crippen LogP contribution in [0.4, 0.5) is 11.5 Å². The fourth-order valence-corrected chi connectivity index (χ4v) is 5.90. The minimum Gasteiger partial charge on any atom is -0.496 e. The molecule has 1 N–H and O–H groups in total. The van der Waals surface area contributed by atoms with E-state index in [1.54, 1.807) is 31.4 Å². The van der Waals surface area contributed by atoms with E-state index >= 15 is 0 Å². The minimum atomic E-state index is -3.70. The third kappa shape index (κ3) is 5.18. The van der Waals surface area contributed by atoms with E-state index in [1.165, 1.54) is 23.3 Å². The van der Waals surface area contributed by atoms with Gasteiger partial charge >= 0.3 is 0 Å². The number of methoxy groups -OCH3 is 1. The van der Waals surface area contributed by atoms with E-state index in [-0.39, 0.29) is 10.9 Å². The van der Waals surface area contributed by atoms with Crippen LogP contribution in [0.15, 0.2) is 77.8 Å². The van der Waals surface area contributed by atoms with Gasteiger partial charge in [-0.3, -0.25) is 9.21 Å². The average Bonchev–Trinajstić information content (AvgIpc) is 3.40. The fourth-order valence-electron chi connectivity index (χ4n) is 4.48. The van der Waals surface area contributed by atoms with E-state index in [9.17, 15) is 8.42 Å². The van der Waals surface area contributed by atoms with Gasteiger partial charge in [-0.1, -0.05) is 36.4 Å². The number of hydrogen-bond acceptors (Lipinski definition) is 6. The van der Waals surface area contributed by atoms with Crippen LogP contribution in [0, 0.1) is 0 Å². The third-order valence-corrected chi connectivity index (χ3v) is 8.10. The predicted molar refractivity (Wildman–Crippen MR) is 136 cm³/mol. The molecule has 7 nitrogen and oxygen atoms in total. The molecule has 4 rings (SSSR count). The Morgan fingerprint density at radius 3 is 2.38 bits per heavy atom. The first-order valence-corrected chi connectivity index (χ1v) is 13.1. The molecule has 3 aromatic rings. The molecule has 0 radical (unpaired) electrons. The first kappa shape index (κ1) is 24.0. The highest BCUT2D eigenvalue weighted by Crippen LogP contribution is 2.32. The summed E-state index contributed by atoms with van der Waals surface area (Å²) in [6.07, 6.45) is 3.80. The number of ether oxygens (including phenoxy) is 1. The normalized spacial score (nSPS) is 15.1. The summed E-state index contributed by atoms with van der Waals surface area (Å²) < 4.78 is 33.4. The van der Waals surface area contributed by atoms with E-state index in [0.29, 0.717) is 24.6 Å². The van der Waals surface area contributed by atoms with Crippen LogP contribution in [-0.4, -0.2) is 51.6 Å². The summed E-state index contributed by atoms with van der Waals surface area (Å²) in [5.41, 5.74) is 1.78. The topological polar surface area (TPSA) is 74.8 Å². The van der Waals surface area contributed by atoms with Crippen LogP contribution in [-0.2, 0) is 10.0 Å². The molecule has 1 fully saturated rings. The van der Waals surface area contributed by atoms with Crippen molar-refractivity contribution in [3.8, 4) is 5.75 Å². The molecule has 34 heavy (non-hydrogen) atoms. The van der Waals surface area contributed by atoms with Crippen LogP contribution in [0.2, 0.25) is 0 Å². The molecule has 1 aromatic heterocycles. The molecule has 1 saturated heterocycles. The van der Waals surface area contributed by atoms with Gasteiger partial charge in [-0.15, -0.1) is 0 Å². The Morgan fingerprint density at radius 1 is 1.03 bits per heavy atom. The molecule has 2 aromatic carbocycles. The number of nitrogens with one attached hydrogen (secondary N) is 1. The van der Waals surface area contributed by atoms with Crippen LogP contribution in [0.1, 0.15) is 31.4 Å². The number of nitrogens with zero attached hydrogens (tertiary/aromatic N) is 3. The van der Waals surface area contributed by atoms with Gasteiger partial charge in [-0.25, -0.2) is 13.4 Å². The molecule has 0 amide bonds. The maximum Gasteiger partial charge on any atom is 0.265 e. The number of anilines is 2. The van der Waals surface area contributed by atoms with Gasteiger partial charge in [0.25, 0.3) is 10.0 Å². The zero-order chi connectivity index (χ0) is 24.0. The van der Waals surface area contributed by atoms with Crippen LogP contribution < -0.4 is 14.4 Å². The summed E-state index contributed by atoms with van der Waals surface area (Å²) >= 11 is 0. The summed E-state index contributed by atoms with van der Waals surface area (Å²) in [5, 5.41) is 3.41. The van der Waals surface area contributed by atoms with Gasteiger partial charge < -0.3 is 10.1 Å². The van der Waals surface area contributed by atoms with Crippen molar-refractivity contribution in [2.45, 2.75) is 30.7 Å². The van der Waals surface area contributed by atoms with E-state index in [0.717, 1.165) is 24.4 Å². The Labute approximate surface area is 202 Å². The number of aromatic nitrogens is 1. The van der Waals surface area contributed by atoms with Gasteiger partial charge in [-0.2, -0.15) is 0 Å². The van der Waals surface area contributed by atoms with Crippen molar-refractivity contribution in [2.24, 2.45) is 0 Å². The first-order chi connectivity index (χ1) is 16.5. The second kappa shape index (κ2) is 10.9. The van der Waals surface area contributed by atoms with Crippen molar-refractivity contribution in [1.82, 2.24) is 9.88 Å². The zero-order valence-electron chi connectivity index (χ0n) is 19.7. The Bertz CT molecular complexity index is 1160. The van der Waals surface area contributed by atoms with Gasteiger partial charge in [0.15, 0.2) is 0 Å². The second-order valence-corrected chi connectivity index (χ2v) is 10.1. The minimum absolute atomic E-state index is 0.137. The molecule has 1 unspecified atom stereocenters. The van der Waals surface area contributed by atoms with Crippen LogP contribution in [0.25, 0.3) is 0 Å². The van der Waals surface area contributed by atoms with Crippen molar-refractivity contribution in [3.63, 3.8) is 0 Å². The largest absolute Gasteiger partial charge is 0.496 e. The summed E-state index contributed by atoms with van der Waals surface area (Å²) in [6.45, 7) is 4.89. The van der Waals surface area contributed by atoms with Gasteiger partial charge in [0, 0.05) is 24.8 Å². The highest BCUT2D eigenvalue weighted by Gasteiger charge is 2.26. The quantitative estimate of drug-likeness (QED) is 0.459. The number of para-hydroxylation sites is 2. The monoisotopic (exact) mass is 480 g/mol. The summed E-state index contributed by atoms with van der Waals surface area (Å²) in [4.78, 5) is 7.06. The molecule has 180 valence electrons. The number of rotatable bonds is 10. The van der Waals surface area contributed by atoms with Crippen LogP contribution in [0.3, 0.4) is 0 Å². The second-order valence-electron chi connectivity index (χ2n) is 8.27. The number of sulfonamides is 1. The summed E-state index contributed by atoms with van der Waals surface area (Å²) in [7, 11) is -2.00. The molecule has 2 heterocycles. The molecule has 0 aliphatic carbocycles. The lowest BCUT2D eigenvalue weighted by Gasteiger charge is -2.29. The van der Waals surface area contributed by atoms with Crippen molar-refractivity contribution in [3.05, 3.63) is 78.5 Å².